The standard InChI is InChI=1S/C9H12N6O2/c1-4-17-6(3)11-7-8-10-5(2)14-15(8)9(16)13-12-7/h4H2,1-3H3,(H,13,16). The summed E-state index contributed by atoms with van der Waals surface area (Å²) in [6, 6.07) is 0. The topological polar surface area (TPSA) is 97.5 Å². The maximum Gasteiger partial charge on any atom is 0.364 e. The highest BCUT2D eigenvalue weighted by molar-refractivity contribution is 5.78. The first-order chi connectivity index (χ1) is 8.11. The van der Waals surface area contributed by atoms with Gasteiger partial charge in [0.15, 0.2) is 5.90 Å². The van der Waals surface area contributed by atoms with E-state index < -0.39 is 5.69 Å². The van der Waals surface area contributed by atoms with E-state index in [1.54, 1.807) is 13.8 Å². The van der Waals surface area contributed by atoms with E-state index in [1.807, 2.05) is 6.92 Å². The van der Waals surface area contributed by atoms with Gasteiger partial charge in [-0.25, -0.2) is 14.9 Å². The summed E-state index contributed by atoms with van der Waals surface area (Å²) in [4.78, 5) is 19.6. The highest BCUT2D eigenvalue weighted by Crippen LogP contribution is 2.12. The molecule has 8 nitrogen and oxygen atoms in total. The summed E-state index contributed by atoms with van der Waals surface area (Å²) in [6.45, 7) is 5.77. The zero-order chi connectivity index (χ0) is 12.4. The second-order valence-corrected chi connectivity index (χ2v) is 3.31. The smallest absolute Gasteiger partial charge is 0.364 e. The minimum atomic E-state index is -0.450. The molecule has 0 saturated heterocycles. The normalized spacial score (nSPS) is 12.1. The summed E-state index contributed by atoms with van der Waals surface area (Å²) >= 11 is 0. The maximum absolute atomic E-state index is 11.4. The van der Waals surface area contributed by atoms with Crippen LogP contribution in [0.5, 0.6) is 0 Å². The van der Waals surface area contributed by atoms with E-state index in [0.29, 0.717) is 24.0 Å². The number of fused-ring (bicyclic) bond motifs is 1. The SMILES string of the molecule is CCOC(C)=Nc1n[nH]c(=O)n2nc(C)nc12. The lowest BCUT2D eigenvalue weighted by atomic mass is 10.6. The number of aryl methyl sites for hydroxylation is 1. The van der Waals surface area contributed by atoms with Gasteiger partial charge in [0.1, 0.15) is 5.82 Å². The van der Waals surface area contributed by atoms with Crippen molar-refractivity contribution in [2.45, 2.75) is 20.8 Å². The Balaban J connectivity index is 2.59. The van der Waals surface area contributed by atoms with Crippen molar-refractivity contribution in [3.63, 3.8) is 0 Å². The third kappa shape index (κ3) is 2.14. The van der Waals surface area contributed by atoms with Crippen LogP contribution in [-0.4, -0.2) is 37.3 Å². The molecule has 2 heterocycles. The van der Waals surface area contributed by atoms with E-state index in [1.165, 1.54) is 0 Å². The summed E-state index contributed by atoms with van der Waals surface area (Å²) in [5.41, 5.74) is -0.140. The maximum atomic E-state index is 11.4. The molecule has 0 aromatic carbocycles. The minimum absolute atomic E-state index is 0.274. The lowest BCUT2D eigenvalue weighted by Gasteiger charge is -2.00. The Labute approximate surface area is 96.4 Å². The van der Waals surface area contributed by atoms with Crippen molar-refractivity contribution < 1.29 is 4.74 Å². The van der Waals surface area contributed by atoms with Crippen molar-refractivity contribution in [3.05, 3.63) is 16.3 Å². The van der Waals surface area contributed by atoms with Crippen molar-refractivity contribution in [1.29, 1.82) is 0 Å². The molecular weight excluding hydrogens is 224 g/mol. The highest BCUT2D eigenvalue weighted by atomic mass is 16.5. The molecule has 0 fully saturated rings. The van der Waals surface area contributed by atoms with Gasteiger partial charge in [-0.2, -0.15) is 9.51 Å². The van der Waals surface area contributed by atoms with Gasteiger partial charge >= 0.3 is 5.69 Å². The van der Waals surface area contributed by atoms with Crippen LogP contribution in [0.25, 0.3) is 5.65 Å². The first kappa shape index (κ1) is 11.2. The Morgan fingerprint density at radius 3 is 3.06 bits per heavy atom. The molecule has 2 aromatic heterocycles. The molecule has 0 atom stereocenters. The van der Waals surface area contributed by atoms with E-state index in [2.05, 4.69) is 25.3 Å². The zero-order valence-corrected chi connectivity index (χ0v) is 9.76. The number of aromatic nitrogens is 5. The predicted molar refractivity (Wildman–Crippen MR) is 60.5 cm³/mol. The van der Waals surface area contributed by atoms with Gasteiger partial charge in [-0.05, 0) is 13.8 Å². The minimum Gasteiger partial charge on any atom is -0.481 e. The van der Waals surface area contributed by atoms with Crippen LogP contribution in [0.15, 0.2) is 9.79 Å². The molecule has 90 valence electrons. The van der Waals surface area contributed by atoms with Crippen LogP contribution >= 0.6 is 0 Å². The summed E-state index contributed by atoms with van der Waals surface area (Å²) in [7, 11) is 0. The lowest BCUT2D eigenvalue weighted by Crippen LogP contribution is -2.18. The van der Waals surface area contributed by atoms with Gasteiger partial charge in [0.05, 0.1) is 6.61 Å². The molecular formula is C9H12N6O2. The van der Waals surface area contributed by atoms with Crippen molar-refractivity contribution in [2.24, 2.45) is 4.99 Å². The Hall–Kier alpha value is -2.25. The molecule has 0 amide bonds. The number of nitrogens with zero attached hydrogens (tertiary/aromatic N) is 5. The molecule has 0 aliphatic carbocycles. The van der Waals surface area contributed by atoms with Gasteiger partial charge in [0, 0.05) is 6.92 Å². The third-order valence-electron chi connectivity index (χ3n) is 1.98. The number of aliphatic imine (C=N–C) groups is 1. The summed E-state index contributed by atoms with van der Waals surface area (Å²) in [6.07, 6.45) is 0. The fraction of sp³-hybridized carbons (Fsp3) is 0.444. The predicted octanol–water partition coefficient (Wildman–Crippen LogP) is 0.207. The number of aromatic amines is 1. The Kier molecular flexibility index (Phi) is 2.86. The number of hydrogen-bond acceptors (Lipinski definition) is 6. The largest absolute Gasteiger partial charge is 0.481 e. The zero-order valence-electron chi connectivity index (χ0n) is 9.76. The van der Waals surface area contributed by atoms with Gasteiger partial charge in [-0.15, -0.1) is 10.2 Å². The monoisotopic (exact) mass is 236 g/mol. The fourth-order valence-corrected chi connectivity index (χ4v) is 1.36. The third-order valence-corrected chi connectivity index (χ3v) is 1.98. The first-order valence-corrected chi connectivity index (χ1v) is 5.12. The number of H-pyrrole nitrogens is 1. The van der Waals surface area contributed by atoms with Crippen molar-refractivity contribution in [1.82, 2.24) is 24.8 Å². The average molecular weight is 236 g/mol. The van der Waals surface area contributed by atoms with Crippen LogP contribution in [0.2, 0.25) is 0 Å². The highest BCUT2D eigenvalue weighted by Gasteiger charge is 2.10. The molecule has 2 rings (SSSR count). The lowest BCUT2D eigenvalue weighted by molar-refractivity contribution is 0.324. The molecule has 2 aromatic rings. The molecule has 0 aliphatic heterocycles. The van der Waals surface area contributed by atoms with E-state index in [-0.39, 0.29) is 5.82 Å². The molecule has 0 aliphatic rings. The summed E-state index contributed by atoms with van der Waals surface area (Å²) in [5.74, 6) is 1.21. The average Bonchev–Trinajstić information content (AvgIpc) is 2.66. The van der Waals surface area contributed by atoms with E-state index in [0.717, 1.165) is 4.52 Å². The molecule has 17 heavy (non-hydrogen) atoms. The van der Waals surface area contributed by atoms with Crippen LogP contribution in [0.3, 0.4) is 0 Å². The van der Waals surface area contributed by atoms with Gasteiger partial charge < -0.3 is 4.74 Å². The Bertz CT molecular complexity index is 626. The van der Waals surface area contributed by atoms with Crippen LogP contribution < -0.4 is 5.69 Å². The van der Waals surface area contributed by atoms with E-state index in [9.17, 15) is 4.79 Å². The van der Waals surface area contributed by atoms with Gasteiger partial charge in [-0.1, -0.05) is 0 Å². The van der Waals surface area contributed by atoms with Crippen molar-refractivity contribution in [3.8, 4) is 0 Å². The Morgan fingerprint density at radius 1 is 1.59 bits per heavy atom. The number of nitrogens with one attached hydrogen (secondary N) is 1. The molecule has 8 heteroatoms. The van der Waals surface area contributed by atoms with Crippen LogP contribution in [-0.2, 0) is 4.74 Å². The van der Waals surface area contributed by atoms with Crippen molar-refractivity contribution in [2.75, 3.05) is 6.61 Å². The Morgan fingerprint density at radius 2 is 2.35 bits per heavy atom. The summed E-state index contributed by atoms with van der Waals surface area (Å²) < 4.78 is 6.32. The van der Waals surface area contributed by atoms with Crippen LogP contribution in [0.4, 0.5) is 5.82 Å². The fourth-order valence-electron chi connectivity index (χ4n) is 1.36. The van der Waals surface area contributed by atoms with Crippen LogP contribution in [0.1, 0.15) is 19.7 Å². The number of rotatable bonds is 2. The van der Waals surface area contributed by atoms with Crippen molar-refractivity contribution >= 4 is 17.4 Å². The first-order valence-electron chi connectivity index (χ1n) is 5.12. The molecule has 0 spiro atoms. The summed E-state index contributed by atoms with van der Waals surface area (Å²) in [5, 5.41) is 10.0. The quantitative estimate of drug-likeness (QED) is 0.593. The van der Waals surface area contributed by atoms with E-state index >= 15 is 0 Å². The van der Waals surface area contributed by atoms with Gasteiger partial charge in [0.2, 0.25) is 11.5 Å². The second kappa shape index (κ2) is 4.32. The second-order valence-electron chi connectivity index (χ2n) is 3.31. The number of ether oxygens (including phenoxy) is 1. The molecule has 0 unspecified atom stereocenters. The molecule has 0 radical (unpaired) electrons. The van der Waals surface area contributed by atoms with Gasteiger partial charge in [0.25, 0.3) is 0 Å². The molecule has 0 bridgehead atoms. The number of hydrogen-bond donors (Lipinski definition) is 1. The molecule has 0 saturated carbocycles. The van der Waals surface area contributed by atoms with E-state index in [4.69, 9.17) is 4.74 Å². The van der Waals surface area contributed by atoms with Crippen LogP contribution in [0, 0.1) is 6.92 Å². The molecule has 1 N–H and O–H groups in total. The van der Waals surface area contributed by atoms with Gasteiger partial charge in [-0.3, -0.25) is 0 Å².